The fourth-order valence-electron chi connectivity index (χ4n) is 3.64. The highest BCUT2D eigenvalue weighted by molar-refractivity contribution is 6.53. The van der Waals surface area contributed by atoms with Crippen LogP contribution in [0.15, 0.2) is 77.5 Å². The van der Waals surface area contributed by atoms with Crippen molar-refractivity contribution in [2.24, 2.45) is 0 Å². The lowest BCUT2D eigenvalue weighted by Crippen LogP contribution is -2.32. The highest BCUT2D eigenvalue weighted by atomic mass is 35.5. The highest BCUT2D eigenvalue weighted by Gasteiger charge is 2.39. The Bertz CT molecular complexity index is 1290. The molecule has 0 unspecified atom stereocenters. The first-order valence-electron chi connectivity index (χ1n) is 10.3. The molecule has 2 amide bonds. The second-order valence-corrected chi connectivity index (χ2v) is 8.21. The molecular weight excluding hydrogens is 440 g/mol. The Morgan fingerprint density at radius 3 is 2.15 bits per heavy atom. The molecule has 4 rings (SSSR count). The largest absolute Gasteiger partial charge is 0.423 e. The van der Waals surface area contributed by atoms with Gasteiger partial charge in [-0.3, -0.25) is 9.59 Å². The number of rotatable bonds is 5. The van der Waals surface area contributed by atoms with Gasteiger partial charge in [0.05, 0.1) is 11.3 Å². The van der Waals surface area contributed by atoms with Crippen LogP contribution in [0.2, 0.25) is 0 Å². The van der Waals surface area contributed by atoms with Gasteiger partial charge in [-0.05, 0) is 79.9 Å². The number of esters is 1. The van der Waals surface area contributed by atoms with Crippen LogP contribution in [0.25, 0.3) is 0 Å². The first kappa shape index (κ1) is 22.3. The van der Waals surface area contributed by atoms with Gasteiger partial charge in [0.25, 0.3) is 11.8 Å². The molecule has 33 heavy (non-hydrogen) atoms. The lowest BCUT2D eigenvalue weighted by molar-refractivity contribution is -0.120. The van der Waals surface area contributed by atoms with E-state index in [0.717, 1.165) is 21.6 Å². The minimum absolute atomic E-state index is 0.0181. The van der Waals surface area contributed by atoms with Crippen molar-refractivity contribution in [1.82, 2.24) is 0 Å². The molecule has 1 aliphatic rings. The number of benzene rings is 3. The van der Waals surface area contributed by atoms with E-state index in [0.29, 0.717) is 22.7 Å². The molecule has 0 saturated carbocycles. The Balaban J connectivity index is 1.49. The van der Waals surface area contributed by atoms with Gasteiger partial charge in [-0.25, -0.2) is 9.69 Å². The standard InChI is InChI=1S/C26H21ClN2O4/c1-15-12-16(2)14-20(13-15)33-26(32)18-8-10-19(11-9-18)28-23-22(27)24(30)29(25(23)31)21-7-5-4-6-17(21)3/h4-14,28H,1-3H3. The number of nitrogens with zero attached hydrogens (tertiary/aromatic N) is 1. The van der Waals surface area contributed by atoms with E-state index in [1.165, 1.54) is 0 Å². The average molecular weight is 461 g/mol. The maximum atomic E-state index is 12.9. The lowest BCUT2D eigenvalue weighted by Gasteiger charge is -2.17. The number of hydrogen-bond acceptors (Lipinski definition) is 5. The number of aryl methyl sites for hydroxylation is 3. The number of nitrogens with one attached hydrogen (secondary N) is 1. The SMILES string of the molecule is Cc1cc(C)cc(OC(=O)c2ccc(NC3=C(Cl)C(=O)N(c4ccccc4C)C3=O)cc2)c1. The number of amides is 2. The van der Waals surface area contributed by atoms with Crippen LogP contribution in [-0.2, 0) is 9.59 Å². The molecule has 0 aromatic heterocycles. The van der Waals surface area contributed by atoms with Crippen LogP contribution < -0.4 is 15.0 Å². The van der Waals surface area contributed by atoms with Crippen molar-refractivity contribution >= 4 is 40.8 Å². The zero-order chi connectivity index (χ0) is 23.7. The highest BCUT2D eigenvalue weighted by Crippen LogP contribution is 2.31. The summed E-state index contributed by atoms with van der Waals surface area (Å²) in [5.74, 6) is -1.16. The molecule has 0 saturated heterocycles. The van der Waals surface area contributed by atoms with E-state index >= 15 is 0 Å². The fourth-order valence-corrected chi connectivity index (χ4v) is 3.85. The molecule has 3 aromatic rings. The van der Waals surface area contributed by atoms with Crippen LogP contribution in [0.4, 0.5) is 11.4 Å². The molecule has 3 aromatic carbocycles. The number of hydrogen-bond donors (Lipinski definition) is 1. The number of anilines is 2. The van der Waals surface area contributed by atoms with Crippen molar-refractivity contribution in [2.45, 2.75) is 20.8 Å². The Morgan fingerprint density at radius 1 is 0.879 bits per heavy atom. The number of para-hydroxylation sites is 1. The maximum Gasteiger partial charge on any atom is 0.343 e. The van der Waals surface area contributed by atoms with Crippen molar-refractivity contribution in [3.63, 3.8) is 0 Å². The summed E-state index contributed by atoms with van der Waals surface area (Å²) in [6, 6.07) is 19.0. The predicted molar refractivity (Wildman–Crippen MR) is 127 cm³/mol. The van der Waals surface area contributed by atoms with Crippen LogP contribution in [0.1, 0.15) is 27.0 Å². The smallest absolute Gasteiger partial charge is 0.343 e. The molecule has 0 aliphatic carbocycles. The summed E-state index contributed by atoms with van der Waals surface area (Å²) in [6.07, 6.45) is 0. The molecule has 7 heteroatoms. The van der Waals surface area contributed by atoms with Gasteiger partial charge >= 0.3 is 5.97 Å². The van der Waals surface area contributed by atoms with Crippen molar-refractivity contribution in [2.75, 3.05) is 10.2 Å². The van der Waals surface area contributed by atoms with Gasteiger partial charge in [-0.1, -0.05) is 35.9 Å². The van der Waals surface area contributed by atoms with Gasteiger partial charge in [0, 0.05) is 5.69 Å². The molecular formula is C26H21ClN2O4. The molecule has 6 nitrogen and oxygen atoms in total. The average Bonchev–Trinajstić information content (AvgIpc) is 2.97. The summed E-state index contributed by atoms with van der Waals surface area (Å²) in [7, 11) is 0. The fraction of sp³-hybridized carbons (Fsp3) is 0.115. The third-order valence-electron chi connectivity index (χ3n) is 5.18. The molecule has 0 bridgehead atoms. The van der Waals surface area contributed by atoms with Gasteiger partial charge in [0.2, 0.25) is 0 Å². The summed E-state index contributed by atoms with van der Waals surface area (Å²) < 4.78 is 5.46. The number of carbonyl (C=O) groups is 3. The molecule has 0 spiro atoms. The molecule has 1 aliphatic heterocycles. The van der Waals surface area contributed by atoms with Gasteiger partial charge in [0.1, 0.15) is 16.5 Å². The summed E-state index contributed by atoms with van der Waals surface area (Å²) in [6.45, 7) is 5.67. The van der Waals surface area contributed by atoms with E-state index in [2.05, 4.69) is 5.32 Å². The van der Waals surface area contributed by atoms with E-state index in [1.807, 2.05) is 39.0 Å². The summed E-state index contributed by atoms with van der Waals surface area (Å²) in [5, 5.41) is 2.71. The molecule has 0 atom stereocenters. The molecule has 166 valence electrons. The van der Waals surface area contributed by atoms with E-state index in [4.69, 9.17) is 16.3 Å². The molecule has 0 radical (unpaired) electrons. The Labute approximate surface area is 196 Å². The third kappa shape index (κ3) is 4.52. The monoisotopic (exact) mass is 460 g/mol. The van der Waals surface area contributed by atoms with E-state index in [-0.39, 0.29) is 10.7 Å². The quantitative estimate of drug-likeness (QED) is 0.319. The number of ether oxygens (including phenoxy) is 1. The minimum Gasteiger partial charge on any atom is -0.423 e. The third-order valence-corrected chi connectivity index (χ3v) is 5.53. The topological polar surface area (TPSA) is 75.7 Å². The Kier molecular flexibility index (Phi) is 6.03. The zero-order valence-corrected chi connectivity index (χ0v) is 19.1. The number of imide groups is 1. The van der Waals surface area contributed by atoms with Gasteiger partial charge in [0.15, 0.2) is 0 Å². The first-order valence-corrected chi connectivity index (χ1v) is 10.6. The zero-order valence-electron chi connectivity index (χ0n) is 18.3. The van der Waals surface area contributed by atoms with Crippen molar-refractivity contribution in [1.29, 1.82) is 0 Å². The van der Waals surface area contributed by atoms with Crippen LogP contribution in [0.5, 0.6) is 5.75 Å². The first-order chi connectivity index (χ1) is 15.7. The van der Waals surface area contributed by atoms with Crippen LogP contribution in [-0.4, -0.2) is 17.8 Å². The number of carbonyl (C=O) groups excluding carboxylic acids is 3. The van der Waals surface area contributed by atoms with E-state index in [1.54, 1.807) is 48.5 Å². The second-order valence-electron chi connectivity index (χ2n) is 7.84. The van der Waals surface area contributed by atoms with Crippen molar-refractivity contribution in [3.8, 4) is 5.75 Å². The summed E-state index contributed by atoms with van der Waals surface area (Å²) in [5.41, 5.74) is 4.07. The van der Waals surface area contributed by atoms with Crippen LogP contribution in [0, 0.1) is 20.8 Å². The molecule has 0 fully saturated rings. The Hall–Kier alpha value is -3.90. The van der Waals surface area contributed by atoms with Crippen molar-refractivity contribution < 1.29 is 19.1 Å². The molecule has 1 heterocycles. The van der Waals surface area contributed by atoms with Crippen molar-refractivity contribution in [3.05, 3.63) is 99.7 Å². The van der Waals surface area contributed by atoms with E-state index < -0.39 is 17.8 Å². The van der Waals surface area contributed by atoms with Gasteiger partial charge < -0.3 is 10.1 Å². The van der Waals surface area contributed by atoms with Crippen LogP contribution in [0.3, 0.4) is 0 Å². The summed E-state index contributed by atoms with van der Waals surface area (Å²) in [4.78, 5) is 39.1. The van der Waals surface area contributed by atoms with Gasteiger partial charge in [-0.15, -0.1) is 0 Å². The molecule has 1 N–H and O–H groups in total. The van der Waals surface area contributed by atoms with Crippen LogP contribution >= 0.6 is 11.6 Å². The normalized spacial score (nSPS) is 13.5. The second kappa shape index (κ2) is 8.92. The van der Waals surface area contributed by atoms with Gasteiger partial charge in [-0.2, -0.15) is 0 Å². The predicted octanol–water partition coefficient (Wildman–Crippen LogP) is 5.27. The van der Waals surface area contributed by atoms with E-state index in [9.17, 15) is 14.4 Å². The lowest BCUT2D eigenvalue weighted by atomic mass is 10.1. The summed E-state index contributed by atoms with van der Waals surface area (Å²) >= 11 is 6.20. The number of halogens is 1. The minimum atomic E-state index is -0.591. The maximum absolute atomic E-state index is 12.9. The Morgan fingerprint density at radius 2 is 1.52 bits per heavy atom.